The van der Waals surface area contributed by atoms with Crippen molar-refractivity contribution in [3.05, 3.63) is 53.7 Å². The summed E-state index contributed by atoms with van der Waals surface area (Å²) in [6.07, 6.45) is 5.66. The molecule has 1 heterocycles. The third-order valence-electron chi connectivity index (χ3n) is 4.65. The highest BCUT2D eigenvalue weighted by molar-refractivity contribution is 5.99. The van der Waals surface area contributed by atoms with Crippen LogP contribution in [-0.2, 0) is 9.59 Å². The Morgan fingerprint density at radius 3 is 2.79 bits per heavy atom. The first kappa shape index (κ1) is 19.8. The van der Waals surface area contributed by atoms with E-state index in [-0.39, 0.29) is 17.7 Å². The molecule has 2 amide bonds. The predicted molar refractivity (Wildman–Crippen MR) is 110 cm³/mol. The van der Waals surface area contributed by atoms with Gasteiger partial charge in [-0.05, 0) is 51.6 Å². The second-order valence-corrected chi connectivity index (χ2v) is 7.47. The van der Waals surface area contributed by atoms with Gasteiger partial charge in [0.15, 0.2) is 5.82 Å². The molecule has 0 saturated heterocycles. The van der Waals surface area contributed by atoms with Crippen molar-refractivity contribution in [2.45, 2.75) is 31.6 Å². The molecule has 1 atom stereocenters. The summed E-state index contributed by atoms with van der Waals surface area (Å²) >= 11 is 0. The van der Waals surface area contributed by atoms with Crippen LogP contribution >= 0.6 is 0 Å². The van der Waals surface area contributed by atoms with Crippen molar-refractivity contribution >= 4 is 23.3 Å². The number of aromatic nitrogens is 2. The summed E-state index contributed by atoms with van der Waals surface area (Å²) in [5.74, 6) is 0.405. The first-order valence-electron chi connectivity index (χ1n) is 9.50. The van der Waals surface area contributed by atoms with E-state index < -0.39 is 0 Å². The van der Waals surface area contributed by atoms with E-state index in [4.69, 9.17) is 0 Å². The fraction of sp³-hybridized carbons (Fsp3) is 0.381. The molecule has 7 nitrogen and oxygen atoms in total. The second kappa shape index (κ2) is 8.84. The summed E-state index contributed by atoms with van der Waals surface area (Å²) in [5, 5.41) is 12.8. The molecule has 148 valence electrons. The number of H-pyrrole nitrogens is 1. The lowest BCUT2D eigenvalue weighted by Gasteiger charge is -2.13. The number of nitrogens with one attached hydrogen (secondary N) is 3. The minimum atomic E-state index is -0.373. The molecule has 2 aromatic rings. The first-order chi connectivity index (χ1) is 13.4. The SMILES string of the molecule is CC(C(=O)Nc1cc(C2CC2)[nH]n1)c1cccc(NC(=O)/C=C/CN(C)C)c1. The topological polar surface area (TPSA) is 90.1 Å². The summed E-state index contributed by atoms with van der Waals surface area (Å²) in [6.45, 7) is 2.53. The second-order valence-electron chi connectivity index (χ2n) is 7.47. The van der Waals surface area contributed by atoms with Gasteiger partial charge in [0.1, 0.15) is 0 Å². The van der Waals surface area contributed by atoms with Crippen molar-refractivity contribution < 1.29 is 9.59 Å². The van der Waals surface area contributed by atoms with Gasteiger partial charge >= 0.3 is 0 Å². The molecule has 1 aliphatic rings. The minimum Gasteiger partial charge on any atom is -0.323 e. The number of likely N-dealkylation sites (N-methyl/N-ethyl adjacent to an activating group) is 1. The maximum atomic E-state index is 12.6. The Kier molecular flexibility index (Phi) is 6.26. The van der Waals surface area contributed by atoms with E-state index in [1.807, 2.05) is 50.2 Å². The van der Waals surface area contributed by atoms with Crippen molar-refractivity contribution in [1.29, 1.82) is 0 Å². The highest BCUT2D eigenvalue weighted by Gasteiger charge is 2.26. The van der Waals surface area contributed by atoms with Crippen LogP contribution in [-0.4, -0.2) is 47.6 Å². The van der Waals surface area contributed by atoms with Crippen LogP contribution in [0.4, 0.5) is 11.5 Å². The van der Waals surface area contributed by atoms with Crippen molar-refractivity contribution in [2.24, 2.45) is 0 Å². The Bertz CT molecular complexity index is 867. The van der Waals surface area contributed by atoms with Crippen LogP contribution in [0.3, 0.4) is 0 Å². The molecule has 28 heavy (non-hydrogen) atoms. The molecular weight excluding hydrogens is 354 g/mol. The standard InChI is InChI=1S/C21H27N5O2/c1-14(21(28)23-19-13-18(24-25-19)15-9-10-15)16-6-4-7-17(12-16)22-20(27)8-5-11-26(2)3/h4-8,12-15H,9-11H2,1-3H3,(H,22,27)(H2,23,24,25,28)/b8-5+. The number of nitrogens with zero attached hydrogens (tertiary/aromatic N) is 2. The van der Waals surface area contributed by atoms with Gasteiger partial charge in [-0.2, -0.15) is 5.10 Å². The smallest absolute Gasteiger partial charge is 0.248 e. The van der Waals surface area contributed by atoms with Crippen molar-refractivity contribution in [3.63, 3.8) is 0 Å². The van der Waals surface area contributed by atoms with Crippen LogP contribution in [0.5, 0.6) is 0 Å². The van der Waals surface area contributed by atoms with Gasteiger partial charge in [0, 0.05) is 36.0 Å². The number of amides is 2. The van der Waals surface area contributed by atoms with Gasteiger partial charge in [-0.3, -0.25) is 14.7 Å². The van der Waals surface area contributed by atoms with Gasteiger partial charge in [0.25, 0.3) is 0 Å². The van der Waals surface area contributed by atoms with Crippen molar-refractivity contribution in [3.8, 4) is 0 Å². The molecule has 7 heteroatoms. The van der Waals surface area contributed by atoms with Crippen LogP contribution in [0.15, 0.2) is 42.5 Å². The van der Waals surface area contributed by atoms with E-state index in [1.54, 1.807) is 12.1 Å². The Morgan fingerprint density at radius 2 is 2.07 bits per heavy atom. The number of carbonyl (C=O) groups is 2. The Balaban J connectivity index is 1.59. The lowest BCUT2D eigenvalue weighted by atomic mass is 10.00. The van der Waals surface area contributed by atoms with E-state index >= 15 is 0 Å². The number of hydrogen-bond acceptors (Lipinski definition) is 4. The van der Waals surface area contributed by atoms with Gasteiger partial charge in [-0.15, -0.1) is 0 Å². The molecule has 0 bridgehead atoms. The van der Waals surface area contributed by atoms with Gasteiger partial charge in [0.05, 0.1) is 5.92 Å². The monoisotopic (exact) mass is 381 g/mol. The van der Waals surface area contributed by atoms with Crippen LogP contribution in [0.2, 0.25) is 0 Å². The summed E-state index contributed by atoms with van der Waals surface area (Å²) in [6, 6.07) is 9.24. The maximum absolute atomic E-state index is 12.6. The van der Waals surface area contributed by atoms with E-state index in [2.05, 4.69) is 20.8 Å². The van der Waals surface area contributed by atoms with Gasteiger partial charge in [-0.1, -0.05) is 18.2 Å². The fourth-order valence-corrected chi connectivity index (χ4v) is 2.83. The normalized spacial score (nSPS) is 15.0. The molecule has 0 radical (unpaired) electrons. The summed E-state index contributed by atoms with van der Waals surface area (Å²) in [4.78, 5) is 26.6. The average Bonchev–Trinajstić information content (AvgIpc) is 3.40. The highest BCUT2D eigenvalue weighted by atomic mass is 16.2. The molecule has 1 fully saturated rings. The summed E-state index contributed by atoms with van der Waals surface area (Å²) < 4.78 is 0. The third-order valence-corrected chi connectivity index (χ3v) is 4.65. The molecule has 3 N–H and O–H groups in total. The van der Waals surface area contributed by atoms with Crippen molar-refractivity contribution in [1.82, 2.24) is 15.1 Å². The molecule has 0 spiro atoms. The molecule has 1 aromatic carbocycles. The van der Waals surface area contributed by atoms with Gasteiger partial charge < -0.3 is 15.5 Å². The molecule has 0 aliphatic heterocycles. The number of rotatable bonds is 8. The zero-order chi connectivity index (χ0) is 20.1. The summed E-state index contributed by atoms with van der Waals surface area (Å²) in [7, 11) is 3.88. The largest absolute Gasteiger partial charge is 0.323 e. The van der Waals surface area contributed by atoms with Crippen LogP contribution < -0.4 is 10.6 Å². The summed E-state index contributed by atoms with van der Waals surface area (Å²) in [5.41, 5.74) is 2.56. The van der Waals surface area contributed by atoms with Gasteiger partial charge in [-0.25, -0.2) is 0 Å². The number of aromatic amines is 1. The zero-order valence-electron chi connectivity index (χ0n) is 16.5. The number of benzene rings is 1. The molecular formula is C21H27N5O2. The third kappa shape index (κ3) is 5.53. The zero-order valence-corrected chi connectivity index (χ0v) is 16.5. The molecule has 1 aromatic heterocycles. The van der Waals surface area contributed by atoms with Gasteiger partial charge in [0.2, 0.25) is 11.8 Å². The number of carbonyl (C=O) groups excluding carboxylic acids is 2. The van der Waals surface area contributed by atoms with Crippen molar-refractivity contribution in [2.75, 3.05) is 31.3 Å². The molecule has 3 rings (SSSR count). The van der Waals surface area contributed by atoms with Crippen LogP contribution in [0, 0.1) is 0 Å². The fourth-order valence-electron chi connectivity index (χ4n) is 2.83. The van der Waals surface area contributed by atoms with E-state index in [9.17, 15) is 9.59 Å². The number of hydrogen-bond donors (Lipinski definition) is 3. The Labute approximate surface area is 165 Å². The lowest BCUT2D eigenvalue weighted by molar-refractivity contribution is -0.117. The maximum Gasteiger partial charge on any atom is 0.248 e. The predicted octanol–water partition coefficient (Wildman–Crippen LogP) is 3.09. The molecule has 1 unspecified atom stereocenters. The quantitative estimate of drug-likeness (QED) is 0.613. The average molecular weight is 381 g/mol. The highest BCUT2D eigenvalue weighted by Crippen LogP contribution is 2.39. The Morgan fingerprint density at radius 1 is 1.29 bits per heavy atom. The molecule has 1 aliphatic carbocycles. The first-order valence-corrected chi connectivity index (χ1v) is 9.50. The lowest BCUT2D eigenvalue weighted by Crippen LogP contribution is -2.19. The van der Waals surface area contributed by atoms with Crippen LogP contribution in [0.1, 0.15) is 42.9 Å². The Hall–Kier alpha value is -2.93. The van der Waals surface area contributed by atoms with E-state index in [0.29, 0.717) is 24.0 Å². The number of anilines is 2. The van der Waals surface area contributed by atoms with E-state index in [1.165, 1.54) is 18.9 Å². The minimum absolute atomic E-state index is 0.136. The van der Waals surface area contributed by atoms with Crippen LogP contribution in [0.25, 0.3) is 0 Å². The van der Waals surface area contributed by atoms with E-state index in [0.717, 1.165) is 11.3 Å². The molecule has 1 saturated carbocycles.